The largest absolute Gasteiger partial charge is 0.552 e. The van der Waals surface area contributed by atoms with E-state index in [1.54, 1.807) is 17.8 Å². The molecule has 2 atom stereocenters. The van der Waals surface area contributed by atoms with Crippen LogP contribution in [0.1, 0.15) is 29.2 Å². The number of alkyl halides is 3. The summed E-state index contributed by atoms with van der Waals surface area (Å²) in [6.45, 7) is 2.64. The number of nitriles is 1. The van der Waals surface area contributed by atoms with Crippen LogP contribution in [0.25, 0.3) is 6.08 Å². The van der Waals surface area contributed by atoms with Crippen molar-refractivity contribution in [2.45, 2.75) is 25.6 Å². The van der Waals surface area contributed by atoms with Gasteiger partial charge in [-0.3, -0.25) is 4.68 Å². The second-order valence-corrected chi connectivity index (χ2v) is 7.24. The van der Waals surface area contributed by atoms with E-state index in [2.05, 4.69) is 16.5 Å². The zero-order valence-corrected chi connectivity index (χ0v) is 16.0. The van der Waals surface area contributed by atoms with Crippen LogP contribution in [-0.2, 0) is 10.9 Å². The second kappa shape index (κ2) is 7.70. The monoisotopic (exact) mass is 418 g/mol. The van der Waals surface area contributed by atoms with Crippen LogP contribution in [0.15, 0.2) is 24.3 Å². The summed E-state index contributed by atoms with van der Waals surface area (Å²) in [7, 11) is -1.43. The van der Waals surface area contributed by atoms with Crippen molar-refractivity contribution in [1.29, 1.82) is 5.26 Å². The van der Waals surface area contributed by atoms with Gasteiger partial charge < -0.3 is 19.7 Å². The van der Waals surface area contributed by atoms with Crippen molar-refractivity contribution in [2.24, 2.45) is 5.92 Å². The molecule has 1 fully saturated rings. The van der Waals surface area contributed by atoms with Gasteiger partial charge in [-0.1, -0.05) is 6.08 Å². The Balaban J connectivity index is 1.67. The zero-order valence-electron chi connectivity index (χ0n) is 16.0. The van der Waals surface area contributed by atoms with Crippen molar-refractivity contribution in [3.63, 3.8) is 0 Å². The van der Waals surface area contributed by atoms with Crippen LogP contribution in [0.4, 0.5) is 24.7 Å². The summed E-state index contributed by atoms with van der Waals surface area (Å²) in [5, 5.41) is 26.3. The maximum absolute atomic E-state index is 13.6. The lowest BCUT2D eigenvalue weighted by Crippen LogP contribution is -2.29. The molecule has 1 aromatic heterocycles. The van der Waals surface area contributed by atoms with E-state index in [4.69, 9.17) is 9.39 Å². The maximum atomic E-state index is 13.6. The van der Waals surface area contributed by atoms with Crippen LogP contribution >= 0.6 is 0 Å². The number of nitrogens with zero attached hydrogens (tertiary/aromatic N) is 3. The van der Waals surface area contributed by atoms with Crippen molar-refractivity contribution >= 4 is 24.7 Å². The van der Waals surface area contributed by atoms with E-state index in [0.29, 0.717) is 31.0 Å². The van der Waals surface area contributed by atoms with E-state index in [-0.39, 0.29) is 23.2 Å². The van der Waals surface area contributed by atoms with Crippen molar-refractivity contribution < 1.29 is 27.6 Å². The van der Waals surface area contributed by atoms with Gasteiger partial charge in [0.1, 0.15) is 5.75 Å². The molecular weight excluding hydrogens is 400 g/mol. The molecule has 30 heavy (non-hydrogen) atoms. The number of rotatable bonds is 3. The van der Waals surface area contributed by atoms with Gasteiger partial charge in [-0.2, -0.15) is 23.5 Å². The first-order chi connectivity index (χ1) is 14.3. The summed E-state index contributed by atoms with van der Waals surface area (Å²) in [5.74, 6) is 0.977. The van der Waals surface area contributed by atoms with Crippen LogP contribution in [-0.4, -0.2) is 35.1 Å². The number of fused-ring (bicyclic) bond motifs is 1. The van der Waals surface area contributed by atoms with E-state index >= 15 is 0 Å². The minimum atomic E-state index is -4.67. The minimum Gasteiger partial charge on any atom is -0.532 e. The summed E-state index contributed by atoms with van der Waals surface area (Å²) in [6, 6.07) is 4.42. The predicted molar refractivity (Wildman–Crippen MR) is 103 cm³/mol. The molecule has 1 unspecified atom stereocenters. The molecule has 1 saturated heterocycles. The Hall–Kier alpha value is -2.97. The average molecular weight is 418 g/mol. The molecule has 0 radical (unpaired) electrons. The number of anilines is 2. The zero-order chi connectivity index (χ0) is 21.5. The predicted octanol–water partition coefficient (Wildman–Crippen LogP) is 3.48. The fraction of sp³-hybridized carbons (Fsp3) is 0.368. The van der Waals surface area contributed by atoms with Crippen molar-refractivity contribution in [2.75, 3.05) is 18.5 Å². The second-order valence-electron chi connectivity index (χ2n) is 7.24. The molecule has 4 rings (SSSR count). The molecule has 0 saturated carbocycles. The van der Waals surface area contributed by atoms with Gasteiger partial charge in [0, 0.05) is 29.6 Å². The smallest absolute Gasteiger partial charge is 0.532 e. The number of hydrogen-bond donors (Lipinski definition) is 2. The molecule has 0 aliphatic carbocycles. The summed E-state index contributed by atoms with van der Waals surface area (Å²) in [6.07, 6.45) is -0.942. The van der Waals surface area contributed by atoms with Gasteiger partial charge in [0.05, 0.1) is 30.2 Å². The van der Waals surface area contributed by atoms with Gasteiger partial charge in [-0.05, 0) is 31.5 Å². The Morgan fingerprint density at radius 3 is 2.93 bits per heavy atom. The number of ether oxygens (including phenoxy) is 1. The number of benzene rings is 1. The molecule has 2 aromatic rings. The molecule has 3 heterocycles. The molecule has 11 heteroatoms. The number of nitrogens with one attached hydrogen (secondary N) is 1. The highest BCUT2D eigenvalue weighted by molar-refractivity contribution is 6.51. The van der Waals surface area contributed by atoms with Gasteiger partial charge in [0.2, 0.25) is 0 Å². The van der Waals surface area contributed by atoms with E-state index in [9.17, 15) is 23.5 Å². The number of aryl methyl sites for hydroxylation is 1. The van der Waals surface area contributed by atoms with E-state index < -0.39 is 24.6 Å². The highest BCUT2D eigenvalue weighted by atomic mass is 19.4. The van der Waals surface area contributed by atoms with Gasteiger partial charge in [-0.15, -0.1) is 0 Å². The fourth-order valence-electron chi connectivity index (χ4n) is 3.58. The molecule has 1 aromatic carbocycles. The minimum absolute atomic E-state index is 0.177. The highest BCUT2D eigenvalue weighted by Crippen LogP contribution is 2.42. The standard InChI is InChI=1S/C19H18BF3N4O3/c1-11-9-27(16-10-29-5-3-13(16)8-24)26-18(11)25-14-6-12-2-4-20(28)30-17(12)15(7-14)19(21,22)23/h2,4,6-7,9,13,16,28H,3,5,10H2,1H3,(H,25,26)/t13?,16-/m0/s1. The third-order valence-electron chi connectivity index (χ3n) is 5.11. The molecule has 7 nitrogen and oxygen atoms in total. The van der Waals surface area contributed by atoms with Crippen LogP contribution in [0.2, 0.25) is 0 Å². The summed E-state index contributed by atoms with van der Waals surface area (Å²) in [5.41, 5.74) is 0.0923. The molecule has 0 amide bonds. The maximum Gasteiger partial charge on any atom is 0.552 e. The van der Waals surface area contributed by atoms with Crippen LogP contribution in [0.3, 0.4) is 0 Å². The van der Waals surface area contributed by atoms with Crippen molar-refractivity contribution in [3.05, 3.63) is 41.0 Å². The summed E-state index contributed by atoms with van der Waals surface area (Å²) >= 11 is 0. The molecule has 2 N–H and O–H groups in total. The topological polar surface area (TPSA) is 92.3 Å². The fourth-order valence-corrected chi connectivity index (χ4v) is 3.58. The van der Waals surface area contributed by atoms with Crippen molar-refractivity contribution in [3.8, 4) is 11.8 Å². The first-order valence-electron chi connectivity index (χ1n) is 9.34. The lowest BCUT2D eigenvalue weighted by molar-refractivity contribution is -0.138. The normalized spacial score (nSPS) is 21.0. The molecule has 2 aliphatic rings. The molecule has 0 bridgehead atoms. The lowest BCUT2D eigenvalue weighted by Gasteiger charge is -2.27. The highest BCUT2D eigenvalue weighted by Gasteiger charge is 2.38. The van der Waals surface area contributed by atoms with Gasteiger partial charge >= 0.3 is 13.3 Å². The first-order valence-corrected chi connectivity index (χ1v) is 9.34. The van der Waals surface area contributed by atoms with E-state index in [1.807, 2.05) is 0 Å². The van der Waals surface area contributed by atoms with E-state index in [1.165, 1.54) is 18.1 Å². The molecule has 156 valence electrons. The van der Waals surface area contributed by atoms with Gasteiger partial charge in [0.25, 0.3) is 0 Å². The van der Waals surface area contributed by atoms with Crippen LogP contribution in [0.5, 0.6) is 5.75 Å². The van der Waals surface area contributed by atoms with Gasteiger partial charge in [-0.25, -0.2) is 0 Å². The third kappa shape index (κ3) is 3.88. The Labute approximate surface area is 170 Å². The molecule has 2 aliphatic heterocycles. The van der Waals surface area contributed by atoms with Crippen LogP contribution in [0, 0.1) is 24.2 Å². The first kappa shape index (κ1) is 20.3. The number of aromatic nitrogens is 2. The van der Waals surface area contributed by atoms with E-state index in [0.717, 1.165) is 6.07 Å². The third-order valence-corrected chi connectivity index (χ3v) is 5.11. The Morgan fingerprint density at radius 2 is 2.20 bits per heavy atom. The Morgan fingerprint density at radius 1 is 1.40 bits per heavy atom. The quantitative estimate of drug-likeness (QED) is 0.742. The summed E-state index contributed by atoms with van der Waals surface area (Å²) in [4.78, 5) is 0. The molecule has 0 spiro atoms. The van der Waals surface area contributed by atoms with Gasteiger partial charge in [0.15, 0.2) is 5.82 Å². The number of hydrogen-bond acceptors (Lipinski definition) is 6. The molecular formula is C19H18BF3N4O3. The Kier molecular flexibility index (Phi) is 5.21. The summed E-state index contributed by atoms with van der Waals surface area (Å²) < 4.78 is 52.7. The average Bonchev–Trinajstić information content (AvgIpc) is 3.07. The van der Waals surface area contributed by atoms with Crippen LogP contribution < -0.4 is 9.97 Å². The Bertz CT molecular complexity index is 1030. The number of halogens is 3. The van der Waals surface area contributed by atoms with Crippen molar-refractivity contribution in [1.82, 2.24) is 9.78 Å². The lowest BCUT2D eigenvalue weighted by atomic mass is 9.85. The SMILES string of the molecule is Cc1cn([C@H]2COCCC2C#N)nc1Nc1cc2c(c(C(F)(F)F)c1)OB(O)C=C2.